The zero-order chi connectivity index (χ0) is 12.1. The molecule has 0 spiro atoms. The van der Waals surface area contributed by atoms with Gasteiger partial charge < -0.3 is 10.5 Å². The van der Waals surface area contributed by atoms with Gasteiger partial charge in [-0.15, -0.1) is 0 Å². The van der Waals surface area contributed by atoms with Crippen molar-refractivity contribution in [3.63, 3.8) is 0 Å². The standard InChI is InChI=1S/C9H14N4O2S/c1-5(2)4-15-9(14)12-8-6(7(10)16)3-11-13-8/h3,5H,4H2,1-2H3,(H2,10,16)(H2,11,12,13,14). The number of hydrogen-bond donors (Lipinski definition) is 3. The third kappa shape index (κ3) is 3.50. The first-order chi connectivity index (χ1) is 7.50. The molecule has 1 aromatic rings. The minimum atomic E-state index is -0.560. The molecule has 0 aromatic carbocycles. The van der Waals surface area contributed by atoms with Crippen LogP contribution in [-0.4, -0.2) is 27.9 Å². The van der Waals surface area contributed by atoms with Gasteiger partial charge in [0.15, 0.2) is 0 Å². The molecule has 0 saturated carbocycles. The van der Waals surface area contributed by atoms with Crippen LogP contribution in [0.4, 0.5) is 10.6 Å². The maximum atomic E-state index is 11.3. The number of hydrogen-bond acceptors (Lipinski definition) is 4. The third-order valence-corrected chi connectivity index (χ3v) is 1.90. The van der Waals surface area contributed by atoms with Gasteiger partial charge in [0, 0.05) is 0 Å². The summed E-state index contributed by atoms with van der Waals surface area (Å²) in [6.45, 7) is 4.25. The molecule has 7 heteroatoms. The topological polar surface area (TPSA) is 93.0 Å². The molecule has 0 saturated heterocycles. The van der Waals surface area contributed by atoms with E-state index in [1.54, 1.807) is 0 Å². The molecular weight excluding hydrogens is 228 g/mol. The van der Waals surface area contributed by atoms with Crippen molar-refractivity contribution in [3.8, 4) is 0 Å². The molecule has 0 aliphatic heterocycles. The molecule has 6 nitrogen and oxygen atoms in total. The van der Waals surface area contributed by atoms with E-state index in [1.807, 2.05) is 13.8 Å². The summed E-state index contributed by atoms with van der Waals surface area (Å²) in [4.78, 5) is 11.5. The number of H-pyrrole nitrogens is 1. The summed E-state index contributed by atoms with van der Waals surface area (Å²) in [7, 11) is 0. The number of amides is 1. The Balaban J connectivity index is 2.56. The van der Waals surface area contributed by atoms with Gasteiger partial charge in [-0.1, -0.05) is 26.1 Å². The van der Waals surface area contributed by atoms with Gasteiger partial charge in [-0.25, -0.2) is 4.79 Å². The van der Waals surface area contributed by atoms with Crippen LogP contribution in [0.5, 0.6) is 0 Å². The number of rotatable bonds is 4. The fourth-order valence-electron chi connectivity index (χ4n) is 0.949. The summed E-state index contributed by atoms with van der Waals surface area (Å²) in [5.41, 5.74) is 5.92. The van der Waals surface area contributed by atoms with Gasteiger partial charge in [0.1, 0.15) is 10.8 Å². The Bertz CT molecular complexity index is 389. The lowest BCUT2D eigenvalue weighted by Gasteiger charge is -2.08. The second-order valence-corrected chi connectivity index (χ2v) is 4.08. The molecule has 0 atom stereocenters. The van der Waals surface area contributed by atoms with Crippen molar-refractivity contribution in [1.29, 1.82) is 0 Å². The van der Waals surface area contributed by atoms with Gasteiger partial charge in [0.2, 0.25) is 0 Å². The Hall–Kier alpha value is -1.63. The highest BCUT2D eigenvalue weighted by Crippen LogP contribution is 2.10. The number of thiocarbonyl (C=S) groups is 1. The first-order valence-electron chi connectivity index (χ1n) is 4.77. The van der Waals surface area contributed by atoms with Crippen LogP contribution in [0.3, 0.4) is 0 Å². The molecule has 0 unspecified atom stereocenters. The van der Waals surface area contributed by atoms with Crippen LogP contribution in [0.15, 0.2) is 6.20 Å². The van der Waals surface area contributed by atoms with Gasteiger partial charge in [0.25, 0.3) is 0 Å². The number of carbonyl (C=O) groups is 1. The van der Waals surface area contributed by atoms with Crippen molar-refractivity contribution in [3.05, 3.63) is 11.8 Å². The highest BCUT2D eigenvalue weighted by atomic mass is 32.1. The van der Waals surface area contributed by atoms with Crippen molar-refractivity contribution in [2.75, 3.05) is 11.9 Å². The molecule has 1 amide bonds. The lowest BCUT2D eigenvalue weighted by Crippen LogP contribution is -2.19. The van der Waals surface area contributed by atoms with E-state index in [4.69, 9.17) is 22.7 Å². The lowest BCUT2D eigenvalue weighted by atomic mass is 10.2. The summed E-state index contributed by atoms with van der Waals surface area (Å²) in [6.07, 6.45) is 0.885. The zero-order valence-corrected chi connectivity index (χ0v) is 9.93. The summed E-state index contributed by atoms with van der Waals surface area (Å²) in [5.74, 6) is 0.629. The van der Waals surface area contributed by atoms with Crippen LogP contribution in [0.25, 0.3) is 0 Å². The van der Waals surface area contributed by atoms with Crippen LogP contribution in [0, 0.1) is 5.92 Å². The first-order valence-corrected chi connectivity index (χ1v) is 5.18. The second kappa shape index (κ2) is 5.45. The summed E-state index contributed by atoms with van der Waals surface area (Å²) in [6, 6.07) is 0. The summed E-state index contributed by atoms with van der Waals surface area (Å²) >= 11 is 4.79. The van der Waals surface area contributed by atoms with Crippen molar-refractivity contribution in [1.82, 2.24) is 10.2 Å². The number of aromatic amines is 1. The Morgan fingerprint density at radius 2 is 2.44 bits per heavy atom. The maximum absolute atomic E-state index is 11.3. The van der Waals surface area contributed by atoms with Crippen LogP contribution in [0.2, 0.25) is 0 Å². The number of carbonyl (C=O) groups excluding carboxylic acids is 1. The quantitative estimate of drug-likeness (QED) is 0.691. The number of anilines is 1. The van der Waals surface area contributed by atoms with E-state index in [9.17, 15) is 4.79 Å². The van der Waals surface area contributed by atoms with E-state index in [1.165, 1.54) is 6.20 Å². The van der Waals surface area contributed by atoms with E-state index < -0.39 is 6.09 Å². The van der Waals surface area contributed by atoms with Crippen LogP contribution < -0.4 is 11.1 Å². The molecule has 0 bridgehead atoms. The minimum Gasteiger partial charge on any atom is -0.449 e. The predicted molar refractivity (Wildman–Crippen MR) is 64.3 cm³/mol. The Kier molecular flexibility index (Phi) is 4.24. The fraction of sp³-hybridized carbons (Fsp3) is 0.444. The first kappa shape index (κ1) is 12.4. The van der Waals surface area contributed by atoms with Crippen molar-refractivity contribution < 1.29 is 9.53 Å². The van der Waals surface area contributed by atoms with Crippen LogP contribution >= 0.6 is 12.2 Å². The van der Waals surface area contributed by atoms with E-state index in [0.717, 1.165) is 0 Å². The van der Waals surface area contributed by atoms with E-state index in [0.29, 0.717) is 18.0 Å². The molecule has 1 aromatic heterocycles. The normalized spacial score (nSPS) is 10.2. The molecule has 1 heterocycles. The maximum Gasteiger partial charge on any atom is 0.412 e. The van der Waals surface area contributed by atoms with E-state index in [2.05, 4.69) is 15.5 Å². The predicted octanol–water partition coefficient (Wildman–Crippen LogP) is 1.25. The van der Waals surface area contributed by atoms with Gasteiger partial charge in [-0.05, 0) is 5.92 Å². The van der Waals surface area contributed by atoms with Crippen molar-refractivity contribution in [2.45, 2.75) is 13.8 Å². The average molecular weight is 242 g/mol. The second-order valence-electron chi connectivity index (χ2n) is 3.64. The number of nitrogens with zero attached hydrogens (tertiary/aromatic N) is 1. The molecule has 0 fully saturated rings. The zero-order valence-electron chi connectivity index (χ0n) is 9.11. The lowest BCUT2D eigenvalue weighted by molar-refractivity contribution is 0.147. The molecule has 88 valence electrons. The Morgan fingerprint density at radius 1 is 1.75 bits per heavy atom. The molecule has 0 aliphatic carbocycles. The van der Waals surface area contributed by atoms with Gasteiger partial charge in [0.05, 0.1) is 18.4 Å². The summed E-state index contributed by atoms with van der Waals surface area (Å²) < 4.78 is 4.93. The number of ether oxygens (including phenoxy) is 1. The van der Waals surface area contributed by atoms with Crippen LogP contribution in [-0.2, 0) is 4.74 Å². The summed E-state index contributed by atoms with van der Waals surface area (Å²) in [5, 5.41) is 8.79. The molecule has 4 N–H and O–H groups in total. The Morgan fingerprint density at radius 3 is 3.00 bits per heavy atom. The molecule has 0 radical (unpaired) electrons. The number of nitrogens with one attached hydrogen (secondary N) is 2. The smallest absolute Gasteiger partial charge is 0.412 e. The largest absolute Gasteiger partial charge is 0.449 e. The van der Waals surface area contributed by atoms with Crippen LogP contribution in [0.1, 0.15) is 19.4 Å². The molecule has 1 rings (SSSR count). The average Bonchev–Trinajstić information content (AvgIpc) is 2.62. The van der Waals surface area contributed by atoms with Gasteiger partial charge in [-0.3, -0.25) is 10.4 Å². The van der Waals surface area contributed by atoms with E-state index in [-0.39, 0.29) is 10.9 Å². The molecular formula is C9H14N4O2S. The molecule has 16 heavy (non-hydrogen) atoms. The van der Waals surface area contributed by atoms with Crippen molar-refractivity contribution >= 4 is 29.1 Å². The van der Waals surface area contributed by atoms with Gasteiger partial charge in [-0.2, -0.15) is 5.10 Å². The highest BCUT2D eigenvalue weighted by molar-refractivity contribution is 7.80. The molecule has 0 aliphatic rings. The van der Waals surface area contributed by atoms with E-state index >= 15 is 0 Å². The minimum absolute atomic E-state index is 0.160. The van der Waals surface area contributed by atoms with Crippen molar-refractivity contribution in [2.24, 2.45) is 11.7 Å². The SMILES string of the molecule is CC(C)COC(=O)Nc1[nH]ncc1C(N)=S. The highest BCUT2D eigenvalue weighted by Gasteiger charge is 2.11. The monoisotopic (exact) mass is 242 g/mol. The third-order valence-electron chi connectivity index (χ3n) is 1.68. The number of nitrogens with two attached hydrogens (primary N) is 1. The fourth-order valence-corrected chi connectivity index (χ4v) is 1.10. The number of aromatic nitrogens is 2. The van der Waals surface area contributed by atoms with Gasteiger partial charge >= 0.3 is 6.09 Å². The Labute approximate surface area is 98.5 Å².